The van der Waals surface area contributed by atoms with E-state index >= 15 is 0 Å². The first-order chi connectivity index (χ1) is 28.0. The molecule has 0 aromatic carbocycles. The molecule has 328 valence electrons. The number of aliphatic hydroxyl groups excluding tert-OH is 2. The number of rotatable bonds is 41. The van der Waals surface area contributed by atoms with Gasteiger partial charge < -0.3 is 20.3 Å². The van der Waals surface area contributed by atoms with Crippen molar-refractivity contribution in [3.63, 3.8) is 0 Å². The SMILES string of the molecule is CC/C=C/C=C/C=C/C=C\CCCCCCCC(=O)OC(CCC/C=C/C=C/CCCCCCCCC)CC(=O)NC(CO)C(O)CCCCCCCCCCC. The second-order valence-corrected chi connectivity index (χ2v) is 15.9. The van der Waals surface area contributed by atoms with Gasteiger partial charge in [-0.1, -0.05) is 209 Å². The molecule has 3 N–H and O–H groups in total. The van der Waals surface area contributed by atoms with Crippen molar-refractivity contribution in [2.75, 3.05) is 6.61 Å². The van der Waals surface area contributed by atoms with E-state index in [1.165, 1.54) is 83.5 Å². The van der Waals surface area contributed by atoms with Gasteiger partial charge in [0, 0.05) is 6.42 Å². The number of carbonyl (C=O) groups is 2. The lowest BCUT2D eigenvalue weighted by Gasteiger charge is -2.24. The summed E-state index contributed by atoms with van der Waals surface area (Å²) in [6.07, 6.45) is 55.4. The molecule has 0 aliphatic carbocycles. The van der Waals surface area contributed by atoms with E-state index in [-0.39, 0.29) is 24.9 Å². The Morgan fingerprint density at radius 2 is 0.965 bits per heavy atom. The van der Waals surface area contributed by atoms with Crippen molar-refractivity contribution < 1.29 is 24.5 Å². The number of aliphatic hydroxyl groups is 2. The molecule has 6 nitrogen and oxygen atoms in total. The molecule has 0 aliphatic rings. The molecule has 0 heterocycles. The first kappa shape index (κ1) is 54.3. The molecule has 0 saturated carbocycles. The number of ether oxygens (including phenoxy) is 1. The second kappa shape index (κ2) is 44.4. The molecule has 57 heavy (non-hydrogen) atoms. The summed E-state index contributed by atoms with van der Waals surface area (Å²) >= 11 is 0. The van der Waals surface area contributed by atoms with Crippen LogP contribution < -0.4 is 5.32 Å². The van der Waals surface area contributed by atoms with Crippen LogP contribution in [0, 0.1) is 0 Å². The first-order valence-corrected chi connectivity index (χ1v) is 23.7. The summed E-state index contributed by atoms with van der Waals surface area (Å²) in [7, 11) is 0. The zero-order valence-electron chi connectivity index (χ0n) is 37.2. The highest BCUT2D eigenvalue weighted by Gasteiger charge is 2.24. The second-order valence-electron chi connectivity index (χ2n) is 15.9. The standard InChI is InChI=1S/C51H89NO5/c1-4-7-10-13-16-19-21-23-25-27-29-32-35-38-41-44-51(56)57-47(42-39-36-33-31-28-26-24-22-20-17-14-11-8-5-2)45-50(55)52-48(46-53)49(54)43-40-37-34-30-18-15-12-9-6-3/h7,10,13,16,19,21,23,25-26,28,31,33,47-49,53-54H,4-6,8-9,11-12,14-15,17-18,20,22,24,27,29-30,32,34-46H2,1-3H3,(H,52,55)/b10-7+,16-13+,21-19+,25-23-,28-26+,33-31+. The molecule has 0 radical (unpaired) electrons. The predicted octanol–water partition coefficient (Wildman–Crippen LogP) is 13.8. The zero-order chi connectivity index (χ0) is 41.7. The summed E-state index contributed by atoms with van der Waals surface area (Å²) in [5.74, 6) is -0.554. The Kier molecular flexibility index (Phi) is 42.3. The third-order valence-electron chi connectivity index (χ3n) is 10.4. The summed E-state index contributed by atoms with van der Waals surface area (Å²) in [5, 5.41) is 23.6. The van der Waals surface area contributed by atoms with E-state index in [0.717, 1.165) is 83.5 Å². The van der Waals surface area contributed by atoms with E-state index in [0.29, 0.717) is 19.3 Å². The molecule has 0 aromatic heterocycles. The van der Waals surface area contributed by atoms with Crippen molar-refractivity contribution in [1.82, 2.24) is 5.32 Å². The van der Waals surface area contributed by atoms with Gasteiger partial charge in [0.25, 0.3) is 0 Å². The van der Waals surface area contributed by atoms with Gasteiger partial charge in [-0.25, -0.2) is 0 Å². The van der Waals surface area contributed by atoms with Crippen LogP contribution in [0.15, 0.2) is 72.9 Å². The summed E-state index contributed by atoms with van der Waals surface area (Å²) in [6, 6.07) is -0.722. The maximum Gasteiger partial charge on any atom is 0.306 e. The fraction of sp³-hybridized carbons (Fsp3) is 0.725. The van der Waals surface area contributed by atoms with E-state index in [1.54, 1.807) is 0 Å². The Morgan fingerprint density at radius 1 is 0.526 bits per heavy atom. The van der Waals surface area contributed by atoms with E-state index in [1.807, 2.05) is 18.2 Å². The van der Waals surface area contributed by atoms with Gasteiger partial charge >= 0.3 is 5.97 Å². The fourth-order valence-corrected chi connectivity index (χ4v) is 6.79. The van der Waals surface area contributed by atoms with E-state index < -0.39 is 18.2 Å². The summed E-state index contributed by atoms with van der Waals surface area (Å²) in [5.41, 5.74) is 0. The minimum Gasteiger partial charge on any atom is -0.462 e. The minimum atomic E-state index is -0.804. The number of hydrogen-bond donors (Lipinski definition) is 3. The van der Waals surface area contributed by atoms with E-state index in [2.05, 4.69) is 80.8 Å². The highest BCUT2D eigenvalue weighted by atomic mass is 16.5. The molecular formula is C51H89NO5. The topological polar surface area (TPSA) is 95.9 Å². The van der Waals surface area contributed by atoms with Gasteiger partial charge in [0.15, 0.2) is 0 Å². The maximum absolute atomic E-state index is 13.1. The van der Waals surface area contributed by atoms with Crippen molar-refractivity contribution in [3.8, 4) is 0 Å². The third kappa shape index (κ3) is 39.9. The van der Waals surface area contributed by atoms with Crippen LogP contribution >= 0.6 is 0 Å². The number of hydrogen-bond acceptors (Lipinski definition) is 5. The number of allylic oxidation sites excluding steroid dienone is 12. The molecule has 0 rings (SSSR count). The van der Waals surface area contributed by atoms with Crippen LogP contribution in [-0.4, -0.2) is 46.9 Å². The number of amides is 1. The van der Waals surface area contributed by atoms with Crippen molar-refractivity contribution in [3.05, 3.63) is 72.9 Å². The lowest BCUT2D eigenvalue weighted by atomic mass is 10.0. The molecule has 0 saturated heterocycles. The molecule has 0 aromatic rings. The molecule has 3 atom stereocenters. The van der Waals surface area contributed by atoms with Crippen LogP contribution in [0.2, 0.25) is 0 Å². The van der Waals surface area contributed by atoms with Gasteiger partial charge in [-0.3, -0.25) is 9.59 Å². The van der Waals surface area contributed by atoms with Crippen LogP contribution in [0.4, 0.5) is 0 Å². The number of nitrogens with one attached hydrogen (secondary N) is 1. The van der Waals surface area contributed by atoms with Crippen LogP contribution in [0.5, 0.6) is 0 Å². The van der Waals surface area contributed by atoms with Crippen LogP contribution in [-0.2, 0) is 14.3 Å². The van der Waals surface area contributed by atoms with Crippen molar-refractivity contribution >= 4 is 11.9 Å². The normalized spacial score (nSPS) is 14.0. The van der Waals surface area contributed by atoms with Crippen molar-refractivity contribution in [2.45, 2.75) is 232 Å². The maximum atomic E-state index is 13.1. The van der Waals surface area contributed by atoms with Gasteiger partial charge in [-0.15, -0.1) is 0 Å². The first-order valence-electron chi connectivity index (χ1n) is 23.7. The molecule has 6 heteroatoms. The molecule has 0 aliphatic heterocycles. The number of unbranched alkanes of at least 4 members (excludes halogenated alkanes) is 21. The summed E-state index contributed by atoms with van der Waals surface area (Å²) < 4.78 is 5.88. The Labute approximate surface area is 351 Å². The molecule has 0 spiro atoms. The minimum absolute atomic E-state index is 0.0317. The third-order valence-corrected chi connectivity index (χ3v) is 10.4. The van der Waals surface area contributed by atoms with Crippen molar-refractivity contribution in [1.29, 1.82) is 0 Å². The monoisotopic (exact) mass is 796 g/mol. The Morgan fingerprint density at radius 3 is 1.49 bits per heavy atom. The quantitative estimate of drug-likeness (QED) is 0.0325. The molecule has 3 unspecified atom stereocenters. The lowest BCUT2D eigenvalue weighted by molar-refractivity contribution is -0.151. The Bertz CT molecular complexity index is 1070. The molecular weight excluding hydrogens is 707 g/mol. The number of esters is 1. The van der Waals surface area contributed by atoms with Gasteiger partial charge in [0.05, 0.1) is 25.2 Å². The molecule has 0 bridgehead atoms. The van der Waals surface area contributed by atoms with Gasteiger partial charge in [-0.2, -0.15) is 0 Å². The smallest absolute Gasteiger partial charge is 0.306 e. The summed E-state index contributed by atoms with van der Waals surface area (Å²) in [4.78, 5) is 26.0. The van der Waals surface area contributed by atoms with E-state index in [9.17, 15) is 19.8 Å². The van der Waals surface area contributed by atoms with Gasteiger partial charge in [0.1, 0.15) is 6.10 Å². The Balaban J connectivity index is 4.73. The highest BCUT2D eigenvalue weighted by molar-refractivity contribution is 5.77. The highest BCUT2D eigenvalue weighted by Crippen LogP contribution is 2.16. The lowest BCUT2D eigenvalue weighted by Crippen LogP contribution is -2.46. The summed E-state index contributed by atoms with van der Waals surface area (Å²) in [6.45, 7) is 6.29. The fourth-order valence-electron chi connectivity index (χ4n) is 6.79. The largest absolute Gasteiger partial charge is 0.462 e. The van der Waals surface area contributed by atoms with Crippen molar-refractivity contribution in [2.24, 2.45) is 0 Å². The predicted molar refractivity (Wildman–Crippen MR) is 245 cm³/mol. The zero-order valence-corrected chi connectivity index (χ0v) is 37.2. The van der Waals surface area contributed by atoms with Gasteiger partial charge in [-0.05, 0) is 64.2 Å². The Hall–Kier alpha value is -2.70. The van der Waals surface area contributed by atoms with Crippen LogP contribution in [0.25, 0.3) is 0 Å². The average molecular weight is 796 g/mol. The number of carbonyl (C=O) groups excluding carboxylic acids is 2. The van der Waals surface area contributed by atoms with E-state index in [4.69, 9.17) is 4.74 Å². The van der Waals surface area contributed by atoms with Crippen LogP contribution in [0.1, 0.15) is 213 Å². The van der Waals surface area contributed by atoms with Crippen LogP contribution in [0.3, 0.4) is 0 Å². The molecule has 1 amide bonds. The van der Waals surface area contributed by atoms with Gasteiger partial charge in [0.2, 0.25) is 5.91 Å². The molecule has 0 fully saturated rings. The average Bonchev–Trinajstić information content (AvgIpc) is 3.20.